The fourth-order valence-corrected chi connectivity index (χ4v) is 1.77. The van der Waals surface area contributed by atoms with E-state index in [1.807, 2.05) is 13.0 Å². The number of carbonyl (C=O) groups excluding carboxylic acids is 1. The van der Waals surface area contributed by atoms with Gasteiger partial charge in [-0.3, -0.25) is 4.79 Å². The van der Waals surface area contributed by atoms with E-state index in [9.17, 15) is 4.79 Å². The Morgan fingerprint density at radius 2 is 2.17 bits per heavy atom. The monoisotopic (exact) mass is 252 g/mol. The van der Waals surface area contributed by atoms with E-state index >= 15 is 0 Å². The molecule has 0 radical (unpaired) electrons. The first-order valence-electron chi connectivity index (χ1n) is 6.55. The highest BCUT2D eigenvalue weighted by atomic mass is 16.3. The highest BCUT2D eigenvalue weighted by Gasteiger charge is 2.19. The van der Waals surface area contributed by atoms with E-state index in [4.69, 9.17) is 10.2 Å². The van der Waals surface area contributed by atoms with Gasteiger partial charge in [-0.15, -0.1) is 0 Å². The summed E-state index contributed by atoms with van der Waals surface area (Å²) in [5.74, 6) is 1.08. The Kier molecular flexibility index (Phi) is 5.41. The molecule has 18 heavy (non-hydrogen) atoms. The standard InChI is InChI=1S/C14H24N2O2/c1-4-11-6-7-12(18-11)13(17)16-10-14(2,3)8-5-9-15/h6-7H,4-5,8-10,15H2,1-3H3,(H,16,17). The first-order chi connectivity index (χ1) is 8.48. The van der Waals surface area contributed by atoms with Crippen LogP contribution in [0.5, 0.6) is 0 Å². The molecule has 0 spiro atoms. The van der Waals surface area contributed by atoms with Crippen molar-refractivity contribution in [3.05, 3.63) is 23.7 Å². The molecule has 0 saturated heterocycles. The van der Waals surface area contributed by atoms with E-state index in [1.165, 1.54) is 0 Å². The number of hydrogen-bond acceptors (Lipinski definition) is 3. The molecule has 1 aromatic heterocycles. The van der Waals surface area contributed by atoms with Gasteiger partial charge < -0.3 is 15.5 Å². The average molecular weight is 252 g/mol. The molecule has 1 rings (SSSR count). The Morgan fingerprint density at radius 3 is 2.72 bits per heavy atom. The van der Waals surface area contributed by atoms with Crippen LogP contribution < -0.4 is 11.1 Å². The van der Waals surface area contributed by atoms with Crippen LogP contribution in [0.25, 0.3) is 0 Å². The Bertz CT molecular complexity index is 383. The summed E-state index contributed by atoms with van der Waals surface area (Å²) in [5, 5.41) is 2.91. The van der Waals surface area contributed by atoms with Gasteiger partial charge in [0.05, 0.1) is 0 Å². The molecule has 3 N–H and O–H groups in total. The predicted molar refractivity (Wildman–Crippen MR) is 72.5 cm³/mol. The highest BCUT2D eigenvalue weighted by molar-refractivity contribution is 5.91. The zero-order valence-corrected chi connectivity index (χ0v) is 11.6. The third-order valence-electron chi connectivity index (χ3n) is 3.02. The Labute approximate surface area is 109 Å². The van der Waals surface area contributed by atoms with Crippen molar-refractivity contribution in [2.45, 2.75) is 40.0 Å². The van der Waals surface area contributed by atoms with Crippen LogP contribution in [-0.4, -0.2) is 19.0 Å². The summed E-state index contributed by atoms with van der Waals surface area (Å²) in [6, 6.07) is 3.57. The van der Waals surface area contributed by atoms with Crippen LogP contribution >= 0.6 is 0 Å². The number of furan rings is 1. The predicted octanol–water partition coefficient (Wildman–Crippen LogP) is 2.34. The van der Waals surface area contributed by atoms with E-state index in [0.29, 0.717) is 18.8 Å². The smallest absolute Gasteiger partial charge is 0.287 e. The molecule has 0 aromatic carbocycles. The number of carbonyl (C=O) groups is 1. The molecule has 0 bridgehead atoms. The van der Waals surface area contributed by atoms with Crippen LogP contribution in [-0.2, 0) is 6.42 Å². The van der Waals surface area contributed by atoms with Gasteiger partial charge in [-0.1, -0.05) is 20.8 Å². The van der Waals surface area contributed by atoms with Crippen molar-refractivity contribution in [1.82, 2.24) is 5.32 Å². The van der Waals surface area contributed by atoms with Gasteiger partial charge in [-0.05, 0) is 36.9 Å². The van der Waals surface area contributed by atoms with Crippen molar-refractivity contribution in [3.8, 4) is 0 Å². The summed E-state index contributed by atoms with van der Waals surface area (Å²) >= 11 is 0. The van der Waals surface area contributed by atoms with Gasteiger partial charge in [-0.2, -0.15) is 0 Å². The maximum Gasteiger partial charge on any atom is 0.287 e. The summed E-state index contributed by atoms with van der Waals surface area (Å²) in [4.78, 5) is 11.9. The van der Waals surface area contributed by atoms with Crippen molar-refractivity contribution < 1.29 is 9.21 Å². The summed E-state index contributed by atoms with van der Waals surface area (Å²) in [5.41, 5.74) is 5.56. The number of nitrogens with one attached hydrogen (secondary N) is 1. The van der Waals surface area contributed by atoms with Gasteiger partial charge >= 0.3 is 0 Å². The van der Waals surface area contributed by atoms with E-state index in [1.54, 1.807) is 6.07 Å². The lowest BCUT2D eigenvalue weighted by molar-refractivity contribution is 0.0905. The third kappa shape index (κ3) is 4.53. The molecule has 0 aliphatic rings. The second-order valence-electron chi connectivity index (χ2n) is 5.36. The first-order valence-corrected chi connectivity index (χ1v) is 6.55. The summed E-state index contributed by atoms with van der Waals surface area (Å²) in [7, 11) is 0. The van der Waals surface area contributed by atoms with Gasteiger partial charge in [-0.25, -0.2) is 0 Å². The minimum Gasteiger partial charge on any atom is -0.456 e. The van der Waals surface area contributed by atoms with Crippen molar-refractivity contribution >= 4 is 5.91 Å². The number of amides is 1. The molecule has 4 heteroatoms. The van der Waals surface area contributed by atoms with E-state index in [0.717, 1.165) is 25.0 Å². The van der Waals surface area contributed by atoms with E-state index in [-0.39, 0.29) is 11.3 Å². The number of aryl methyl sites for hydroxylation is 1. The van der Waals surface area contributed by atoms with Crippen LogP contribution in [0.3, 0.4) is 0 Å². The first kappa shape index (κ1) is 14.8. The largest absolute Gasteiger partial charge is 0.456 e. The van der Waals surface area contributed by atoms with Gasteiger partial charge in [0.25, 0.3) is 5.91 Å². The molecule has 0 fully saturated rings. The summed E-state index contributed by atoms with van der Waals surface area (Å²) < 4.78 is 5.41. The molecule has 0 atom stereocenters. The Morgan fingerprint density at radius 1 is 1.44 bits per heavy atom. The zero-order chi connectivity index (χ0) is 13.6. The molecular weight excluding hydrogens is 228 g/mol. The van der Waals surface area contributed by atoms with Crippen LogP contribution in [0.4, 0.5) is 0 Å². The summed E-state index contributed by atoms with van der Waals surface area (Å²) in [6.45, 7) is 7.57. The molecule has 1 aromatic rings. The van der Waals surface area contributed by atoms with Crippen LogP contribution in [0.2, 0.25) is 0 Å². The number of hydrogen-bond donors (Lipinski definition) is 2. The van der Waals surface area contributed by atoms with Crippen molar-refractivity contribution in [2.24, 2.45) is 11.1 Å². The zero-order valence-electron chi connectivity index (χ0n) is 11.6. The minimum atomic E-state index is -0.143. The van der Waals surface area contributed by atoms with Crippen LogP contribution in [0.15, 0.2) is 16.5 Å². The molecule has 102 valence electrons. The topological polar surface area (TPSA) is 68.3 Å². The van der Waals surface area contributed by atoms with Gasteiger partial charge in [0.15, 0.2) is 5.76 Å². The lowest BCUT2D eigenvalue weighted by atomic mass is 9.88. The Hall–Kier alpha value is -1.29. The molecule has 0 saturated carbocycles. The highest BCUT2D eigenvalue weighted by Crippen LogP contribution is 2.20. The maximum absolute atomic E-state index is 11.9. The average Bonchev–Trinajstić information content (AvgIpc) is 2.82. The van der Waals surface area contributed by atoms with Crippen LogP contribution in [0, 0.1) is 5.41 Å². The quantitative estimate of drug-likeness (QED) is 0.782. The number of rotatable bonds is 7. The fourth-order valence-electron chi connectivity index (χ4n) is 1.77. The summed E-state index contributed by atoms with van der Waals surface area (Å²) in [6.07, 6.45) is 2.78. The van der Waals surface area contributed by atoms with Crippen molar-refractivity contribution in [2.75, 3.05) is 13.1 Å². The fraction of sp³-hybridized carbons (Fsp3) is 0.643. The number of nitrogens with two attached hydrogens (primary N) is 1. The molecule has 4 nitrogen and oxygen atoms in total. The van der Waals surface area contributed by atoms with Crippen molar-refractivity contribution in [1.29, 1.82) is 0 Å². The van der Waals surface area contributed by atoms with Gasteiger partial charge in [0, 0.05) is 13.0 Å². The van der Waals surface area contributed by atoms with E-state index in [2.05, 4.69) is 19.2 Å². The molecule has 1 heterocycles. The molecular formula is C14H24N2O2. The maximum atomic E-state index is 11.9. The Balaban J connectivity index is 2.45. The van der Waals surface area contributed by atoms with Gasteiger partial charge in [0.1, 0.15) is 5.76 Å². The van der Waals surface area contributed by atoms with Crippen LogP contribution in [0.1, 0.15) is 49.9 Å². The molecule has 1 amide bonds. The lowest BCUT2D eigenvalue weighted by Crippen LogP contribution is -2.34. The second kappa shape index (κ2) is 6.59. The van der Waals surface area contributed by atoms with Crippen molar-refractivity contribution in [3.63, 3.8) is 0 Å². The minimum absolute atomic E-state index is 0.0647. The van der Waals surface area contributed by atoms with E-state index < -0.39 is 0 Å². The third-order valence-corrected chi connectivity index (χ3v) is 3.02. The molecule has 0 aliphatic heterocycles. The molecule has 0 aliphatic carbocycles. The lowest BCUT2D eigenvalue weighted by Gasteiger charge is -2.24. The normalized spacial score (nSPS) is 11.6. The second-order valence-corrected chi connectivity index (χ2v) is 5.36. The SMILES string of the molecule is CCc1ccc(C(=O)NCC(C)(C)CCCN)o1. The van der Waals surface area contributed by atoms with Gasteiger partial charge in [0.2, 0.25) is 0 Å². The molecule has 0 unspecified atom stereocenters.